The Bertz CT molecular complexity index is 4850. The smallest absolute Gasteiger partial charge is 0.00137 e. The van der Waals surface area contributed by atoms with Gasteiger partial charge in [0, 0.05) is 0 Å². The first kappa shape index (κ1) is 47.8. The third kappa shape index (κ3) is 7.52. The molecule has 82 heavy (non-hydrogen) atoms. The summed E-state index contributed by atoms with van der Waals surface area (Å²) in [4.78, 5) is 0. The van der Waals surface area contributed by atoms with E-state index in [2.05, 4.69) is 295 Å². The number of benzene rings is 16. The molecule has 0 heteroatoms. The molecule has 0 saturated heterocycles. The molecule has 0 aromatic heterocycles. The topological polar surface area (TPSA) is 0 Å². The van der Waals surface area contributed by atoms with Gasteiger partial charge < -0.3 is 0 Å². The number of aryl methyl sites for hydroxylation is 4. The Morgan fingerprint density at radius 3 is 0.659 bits per heavy atom. The Balaban J connectivity index is 0.842. The van der Waals surface area contributed by atoms with E-state index in [0.29, 0.717) is 0 Å². The highest BCUT2D eigenvalue weighted by Crippen LogP contribution is 2.49. The zero-order valence-corrected chi connectivity index (χ0v) is 46.4. The third-order valence-corrected chi connectivity index (χ3v) is 17.7. The van der Waals surface area contributed by atoms with E-state index in [0.717, 1.165) is 0 Å². The van der Waals surface area contributed by atoms with E-state index in [1.807, 2.05) is 0 Å². The summed E-state index contributed by atoms with van der Waals surface area (Å²) in [5.41, 5.74) is 20.0. The van der Waals surface area contributed by atoms with Crippen molar-refractivity contribution in [2.24, 2.45) is 0 Å². The number of rotatable bonds is 6. The van der Waals surface area contributed by atoms with E-state index >= 15 is 0 Å². The van der Waals surface area contributed by atoms with Crippen LogP contribution in [-0.4, -0.2) is 0 Å². The summed E-state index contributed by atoms with van der Waals surface area (Å²) < 4.78 is 0. The lowest BCUT2D eigenvalue weighted by atomic mass is 9.84. The molecule has 16 rings (SSSR count). The molecule has 0 unspecified atom stereocenters. The molecular weight excluding hydrogens is 985 g/mol. The summed E-state index contributed by atoms with van der Waals surface area (Å²) in [6, 6.07) is 101. The molecule has 0 nitrogen and oxygen atoms in total. The van der Waals surface area contributed by atoms with Crippen LogP contribution in [0.25, 0.3) is 164 Å². The van der Waals surface area contributed by atoms with Crippen molar-refractivity contribution < 1.29 is 0 Å². The molecule has 16 aromatic rings. The lowest BCUT2D eigenvalue weighted by Crippen LogP contribution is -1.92. The van der Waals surface area contributed by atoms with E-state index in [-0.39, 0.29) is 0 Å². The van der Waals surface area contributed by atoms with Gasteiger partial charge in [0.15, 0.2) is 0 Å². The number of hydrogen-bond donors (Lipinski definition) is 0. The SMILES string of the molecule is Cc1cc(C)cc(-c2c3ccccc3c(-c3ccc(-c4ccc5c6ccccc6c6c7cc(-c8ccc(-c9c%10ccccc%10c(-c%10cc(C)cc(C)c%10)c%10ccccc9%10)cc8)ccc7c7ccccc7c6c5c4)cc3)c3ccccc23)c1. The average Bonchev–Trinajstić information content (AvgIpc) is 2.72. The van der Waals surface area contributed by atoms with Crippen molar-refractivity contribution in [1.29, 1.82) is 0 Å². The number of hydrogen-bond acceptors (Lipinski definition) is 0. The largest absolute Gasteiger partial charge is 0.0616 e. The van der Waals surface area contributed by atoms with Crippen LogP contribution in [0.2, 0.25) is 0 Å². The predicted octanol–water partition coefficient (Wildman–Crippen LogP) is 23.3. The third-order valence-electron chi connectivity index (χ3n) is 17.7. The van der Waals surface area contributed by atoms with E-state index in [9.17, 15) is 0 Å². The van der Waals surface area contributed by atoms with Crippen LogP contribution in [0, 0.1) is 27.7 Å². The Kier molecular flexibility index (Phi) is 10.9. The monoisotopic (exact) mass is 1040 g/mol. The van der Waals surface area contributed by atoms with Gasteiger partial charge in [0.2, 0.25) is 0 Å². The molecule has 0 atom stereocenters. The standard InChI is InChI=1S/C82H56/c1-49-41-50(2)44-59(43-49)79-71-25-13-9-21-67(71)77(68-22-10-14-26-72(68)79)55-33-29-53(30-34-55)57-37-39-63-61-17-5-8-20-66(61)82-76-48-58(38-40-64(76)62-18-6-7-19-65(62)81(82)75(63)47-57)54-31-35-56(36-32-54)78-69-23-11-15-27-73(69)80(74-28-16-12-24-70(74)78)60-45-51(3)42-52(4)46-60/h5-48H,1-4H3. The van der Waals surface area contributed by atoms with Crippen LogP contribution < -0.4 is 0 Å². The Labute approximate surface area is 477 Å². The van der Waals surface area contributed by atoms with E-state index in [4.69, 9.17) is 0 Å². The van der Waals surface area contributed by atoms with Crippen molar-refractivity contribution >= 4 is 97.0 Å². The first-order valence-electron chi connectivity index (χ1n) is 28.8. The second-order valence-corrected chi connectivity index (χ2v) is 23.0. The fourth-order valence-corrected chi connectivity index (χ4v) is 14.4. The molecule has 0 aliphatic heterocycles. The second-order valence-electron chi connectivity index (χ2n) is 23.0. The maximum Gasteiger partial charge on any atom is -0.00137 e. The molecule has 0 radical (unpaired) electrons. The zero-order chi connectivity index (χ0) is 54.7. The van der Waals surface area contributed by atoms with Gasteiger partial charge in [-0.05, 0) is 204 Å². The molecule has 0 spiro atoms. The highest BCUT2D eigenvalue weighted by atomic mass is 14.2. The van der Waals surface area contributed by atoms with E-state index in [1.54, 1.807) is 0 Å². The van der Waals surface area contributed by atoms with Crippen LogP contribution in [0.5, 0.6) is 0 Å². The molecule has 384 valence electrons. The molecule has 0 aliphatic carbocycles. The van der Waals surface area contributed by atoms with Crippen LogP contribution in [-0.2, 0) is 0 Å². The molecule has 0 aliphatic rings. The van der Waals surface area contributed by atoms with Gasteiger partial charge in [-0.25, -0.2) is 0 Å². The lowest BCUT2D eigenvalue weighted by molar-refractivity contribution is 1.39. The van der Waals surface area contributed by atoms with E-state index < -0.39 is 0 Å². The zero-order valence-electron chi connectivity index (χ0n) is 46.4. The van der Waals surface area contributed by atoms with Crippen molar-refractivity contribution in [3.63, 3.8) is 0 Å². The summed E-state index contributed by atoms with van der Waals surface area (Å²) in [5.74, 6) is 0. The highest BCUT2D eigenvalue weighted by Gasteiger charge is 2.21. The quantitative estimate of drug-likeness (QED) is 0.115. The molecule has 0 heterocycles. The summed E-state index contributed by atoms with van der Waals surface area (Å²) in [5, 5.41) is 22.9. The van der Waals surface area contributed by atoms with Crippen molar-refractivity contribution in [3.05, 3.63) is 289 Å². The minimum Gasteiger partial charge on any atom is -0.0616 e. The fraction of sp³-hybridized carbons (Fsp3) is 0.0488. The predicted molar refractivity (Wildman–Crippen MR) is 356 cm³/mol. The van der Waals surface area contributed by atoms with Crippen molar-refractivity contribution in [2.45, 2.75) is 27.7 Å². The van der Waals surface area contributed by atoms with Crippen molar-refractivity contribution in [2.75, 3.05) is 0 Å². The summed E-state index contributed by atoms with van der Waals surface area (Å²) in [6.07, 6.45) is 0. The minimum atomic E-state index is 1.20. The summed E-state index contributed by atoms with van der Waals surface area (Å²) in [7, 11) is 0. The maximum absolute atomic E-state index is 2.46. The van der Waals surface area contributed by atoms with Crippen LogP contribution in [0.3, 0.4) is 0 Å². The molecular formula is C82H56. The van der Waals surface area contributed by atoms with Crippen LogP contribution in [0.15, 0.2) is 267 Å². The average molecular weight is 1040 g/mol. The van der Waals surface area contributed by atoms with Gasteiger partial charge in [-0.15, -0.1) is 0 Å². The van der Waals surface area contributed by atoms with Crippen LogP contribution >= 0.6 is 0 Å². The maximum atomic E-state index is 2.46. The van der Waals surface area contributed by atoms with Crippen LogP contribution in [0.4, 0.5) is 0 Å². The summed E-state index contributed by atoms with van der Waals surface area (Å²) >= 11 is 0. The van der Waals surface area contributed by atoms with E-state index in [1.165, 1.54) is 186 Å². The van der Waals surface area contributed by atoms with Gasteiger partial charge in [-0.2, -0.15) is 0 Å². The molecule has 0 amide bonds. The van der Waals surface area contributed by atoms with Crippen molar-refractivity contribution in [1.82, 2.24) is 0 Å². The van der Waals surface area contributed by atoms with Gasteiger partial charge in [0.25, 0.3) is 0 Å². The minimum absolute atomic E-state index is 1.20. The van der Waals surface area contributed by atoms with Gasteiger partial charge in [0.05, 0.1) is 0 Å². The first-order valence-corrected chi connectivity index (χ1v) is 28.8. The molecule has 0 bridgehead atoms. The van der Waals surface area contributed by atoms with Crippen LogP contribution in [0.1, 0.15) is 22.3 Å². The molecule has 0 saturated carbocycles. The molecule has 16 aromatic carbocycles. The molecule has 0 N–H and O–H groups in total. The Morgan fingerprint density at radius 2 is 0.366 bits per heavy atom. The Morgan fingerprint density at radius 1 is 0.146 bits per heavy atom. The lowest BCUT2D eigenvalue weighted by Gasteiger charge is -2.19. The Hall–Kier alpha value is -10.1. The summed E-state index contributed by atoms with van der Waals surface area (Å²) in [6.45, 7) is 8.81. The normalized spacial score (nSPS) is 11.9. The van der Waals surface area contributed by atoms with Gasteiger partial charge in [0.1, 0.15) is 0 Å². The number of fused-ring (bicyclic) bond motifs is 15. The van der Waals surface area contributed by atoms with Gasteiger partial charge in [-0.1, -0.05) is 277 Å². The second kappa shape index (κ2) is 18.7. The van der Waals surface area contributed by atoms with Gasteiger partial charge >= 0.3 is 0 Å². The first-order chi connectivity index (χ1) is 40.3. The van der Waals surface area contributed by atoms with Gasteiger partial charge in [-0.3, -0.25) is 0 Å². The fourth-order valence-electron chi connectivity index (χ4n) is 14.4. The highest BCUT2D eigenvalue weighted by molar-refractivity contribution is 6.40. The molecule has 0 fully saturated rings. The van der Waals surface area contributed by atoms with Crippen molar-refractivity contribution in [3.8, 4) is 66.8 Å².